The largest absolute Gasteiger partial charge is 0.339 e. The van der Waals surface area contributed by atoms with Crippen molar-refractivity contribution in [2.75, 3.05) is 6.54 Å². The van der Waals surface area contributed by atoms with Crippen LogP contribution in [0.5, 0.6) is 0 Å². The van der Waals surface area contributed by atoms with Gasteiger partial charge in [-0.25, -0.2) is 0 Å². The van der Waals surface area contributed by atoms with Gasteiger partial charge in [0, 0.05) is 24.5 Å². The van der Waals surface area contributed by atoms with Crippen LogP contribution in [0.2, 0.25) is 0 Å². The van der Waals surface area contributed by atoms with Gasteiger partial charge in [0.15, 0.2) is 0 Å². The molecule has 4 unspecified atom stereocenters. The van der Waals surface area contributed by atoms with E-state index in [4.69, 9.17) is 5.73 Å². The number of nitrogens with zero attached hydrogens (tertiary/aromatic N) is 1. The monoisotopic (exact) mass is 314 g/mol. The van der Waals surface area contributed by atoms with Gasteiger partial charge in [0.05, 0.1) is 0 Å². The van der Waals surface area contributed by atoms with Crippen LogP contribution < -0.4 is 5.73 Å². The van der Waals surface area contributed by atoms with E-state index in [2.05, 4.69) is 18.7 Å². The predicted octanol–water partition coefficient (Wildman–Crippen LogP) is 3.21. The highest BCUT2D eigenvalue weighted by atomic mass is 35.5. The van der Waals surface area contributed by atoms with Gasteiger partial charge in [0.2, 0.25) is 5.91 Å². The molecule has 2 saturated carbocycles. The van der Waals surface area contributed by atoms with Crippen molar-refractivity contribution in [3.63, 3.8) is 0 Å². The van der Waals surface area contributed by atoms with E-state index in [9.17, 15) is 4.79 Å². The van der Waals surface area contributed by atoms with Crippen LogP contribution in [0.4, 0.5) is 0 Å². The maximum absolute atomic E-state index is 12.9. The number of nitrogens with two attached hydrogens (primary N) is 1. The molecule has 4 heteroatoms. The molecule has 2 N–H and O–H groups in total. The molecule has 1 heterocycles. The Morgan fingerprint density at radius 1 is 1.19 bits per heavy atom. The first-order valence-electron chi connectivity index (χ1n) is 8.66. The van der Waals surface area contributed by atoms with Gasteiger partial charge in [0.1, 0.15) is 0 Å². The lowest BCUT2D eigenvalue weighted by Crippen LogP contribution is -2.50. The van der Waals surface area contributed by atoms with Crippen molar-refractivity contribution in [1.29, 1.82) is 0 Å². The summed E-state index contributed by atoms with van der Waals surface area (Å²) in [4.78, 5) is 15.1. The van der Waals surface area contributed by atoms with Crippen molar-refractivity contribution in [3.8, 4) is 0 Å². The summed E-state index contributed by atoms with van der Waals surface area (Å²) >= 11 is 0. The molecule has 1 amide bonds. The summed E-state index contributed by atoms with van der Waals surface area (Å²) in [5.41, 5.74) is 6.35. The van der Waals surface area contributed by atoms with Gasteiger partial charge in [-0.05, 0) is 56.3 Å². The van der Waals surface area contributed by atoms with Gasteiger partial charge in [-0.1, -0.05) is 20.3 Å². The third kappa shape index (κ3) is 3.24. The molecule has 0 spiro atoms. The Hall–Kier alpha value is -0.280. The molecule has 0 aromatic carbocycles. The molecular formula is C17H31ClN2O. The SMILES string of the molecule is CCC1CC(C)CN1C(=O)C1CC2CCCC(C1)C2N.Cl. The summed E-state index contributed by atoms with van der Waals surface area (Å²) in [6.07, 6.45) is 8.22. The molecule has 0 aromatic rings. The van der Waals surface area contributed by atoms with Crippen LogP contribution in [0.3, 0.4) is 0 Å². The standard InChI is InChI=1S/C17H30N2O.ClH/c1-3-15-7-11(2)10-19(15)17(20)14-8-12-5-4-6-13(9-14)16(12)18;/h11-16H,3-10,18H2,1-2H3;1H. The number of carbonyl (C=O) groups is 1. The lowest BCUT2D eigenvalue weighted by Gasteiger charge is -2.44. The second kappa shape index (κ2) is 6.87. The molecule has 122 valence electrons. The van der Waals surface area contributed by atoms with Gasteiger partial charge in [-0.15, -0.1) is 12.4 Å². The lowest BCUT2D eigenvalue weighted by atomic mass is 9.65. The highest BCUT2D eigenvalue weighted by molar-refractivity contribution is 5.85. The number of halogens is 1. The fourth-order valence-corrected chi connectivity index (χ4v) is 5.03. The van der Waals surface area contributed by atoms with Crippen molar-refractivity contribution >= 4 is 18.3 Å². The molecule has 2 bridgehead atoms. The normalized spacial score (nSPS) is 42.5. The van der Waals surface area contributed by atoms with E-state index in [0.717, 1.165) is 25.8 Å². The Kier molecular flexibility index (Phi) is 5.59. The molecule has 2 aliphatic carbocycles. The molecule has 1 saturated heterocycles. The number of likely N-dealkylation sites (tertiary alicyclic amines) is 1. The molecule has 1 aliphatic heterocycles. The Morgan fingerprint density at radius 3 is 2.38 bits per heavy atom. The van der Waals surface area contributed by atoms with Crippen molar-refractivity contribution in [1.82, 2.24) is 4.90 Å². The van der Waals surface area contributed by atoms with Crippen molar-refractivity contribution in [3.05, 3.63) is 0 Å². The van der Waals surface area contributed by atoms with Crippen molar-refractivity contribution in [2.45, 2.75) is 70.9 Å². The quantitative estimate of drug-likeness (QED) is 0.850. The Labute approximate surface area is 135 Å². The number of carbonyl (C=O) groups excluding carboxylic acids is 1. The van der Waals surface area contributed by atoms with Crippen LogP contribution in [0.15, 0.2) is 0 Å². The highest BCUT2D eigenvalue weighted by Crippen LogP contribution is 2.43. The minimum absolute atomic E-state index is 0. The second-order valence-corrected chi connectivity index (χ2v) is 7.59. The maximum Gasteiger partial charge on any atom is 0.225 e. The molecule has 3 nitrogen and oxygen atoms in total. The third-order valence-electron chi connectivity index (χ3n) is 6.14. The molecule has 3 rings (SSSR count). The number of fused-ring (bicyclic) bond motifs is 2. The molecule has 0 radical (unpaired) electrons. The van der Waals surface area contributed by atoms with E-state index < -0.39 is 0 Å². The smallest absolute Gasteiger partial charge is 0.225 e. The summed E-state index contributed by atoms with van der Waals surface area (Å²) in [7, 11) is 0. The summed E-state index contributed by atoms with van der Waals surface area (Å²) in [6, 6.07) is 0.861. The third-order valence-corrected chi connectivity index (χ3v) is 6.14. The van der Waals surface area contributed by atoms with E-state index in [0.29, 0.717) is 35.7 Å². The van der Waals surface area contributed by atoms with Gasteiger partial charge < -0.3 is 10.6 Å². The molecule has 3 aliphatic rings. The molecular weight excluding hydrogens is 284 g/mol. The van der Waals surface area contributed by atoms with E-state index in [-0.39, 0.29) is 18.3 Å². The fraction of sp³-hybridized carbons (Fsp3) is 0.941. The second-order valence-electron chi connectivity index (χ2n) is 7.59. The Balaban J connectivity index is 0.00000161. The van der Waals surface area contributed by atoms with Gasteiger partial charge >= 0.3 is 0 Å². The highest BCUT2D eigenvalue weighted by Gasteiger charge is 2.43. The average Bonchev–Trinajstić information content (AvgIpc) is 2.79. The number of hydrogen-bond acceptors (Lipinski definition) is 2. The number of hydrogen-bond donors (Lipinski definition) is 1. The molecule has 21 heavy (non-hydrogen) atoms. The van der Waals surface area contributed by atoms with Gasteiger partial charge in [0.25, 0.3) is 0 Å². The fourth-order valence-electron chi connectivity index (χ4n) is 5.03. The summed E-state index contributed by atoms with van der Waals surface area (Å²) < 4.78 is 0. The average molecular weight is 315 g/mol. The van der Waals surface area contributed by atoms with Crippen LogP contribution in [0.25, 0.3) is 0 Å². The van der Waals surface area contributed by atoms with Gasteiger partial charge in [-0.2, -0.15) is 0 Å². The van der Waals surface area contributed by atoms with Crippen LogP contribution >= 0.6 is 12.4 Å². The summed E-state index contributed by atoms with van der Waals surface area (Å²) in [6.45, 7) is 5.48. The molecule has 0 aromatic heterocycles. The number of rotatable bonds is 2. The first-order valence-corrected chi connectivity index (χ1v) is 8.66. The van der Waals surface area contributed by atoms with E-state index in [1.165, 1.54) is 25.7 Å². The lowest BCUT2D eigenvalue weighted by molar-refractivity contribution is -0.139. The van der Waals surface area contributed by atoms with E-state index in [1.54, 1.807) is 0 Å². The summed E-state index contributed by atoms with van der Waals surface area (Å²) in [5, 5.41) is 0. The maximum atomic E-state index is 12.9. The topological polar surface area (TPSA) is 46.3 Å². The van der Waals surface area contributed by atoms with Gasteiger partial charge in [-0.3, -0.25) is 4.79 Å². The van der Waals surface area contributed by atoms with Crippen molar-refractivity contribution < 1.29 is 4.79 Å². The Bertz CT molecular complexity index is 362. The minimum atomic E-state index is 0. The molecule has 4 atom stereocenters. The first kappa shape index (κ1) is 17.1. The van der Waals surface area contributed by atoms with Crippen LogP contribution in [-0.4, -0.2) is 29.4 Å². The predicted molar refractivity (Wildman–Crippen MR) is 88.4 cm³/mol. The number of amides is 1. The summed E-state index contributed by atoms with van der Waals surface area (Å²) in [5.74, 6) is 2.61. The Morgan fingerprint density at radius 2 is 1.81 bits per heavy atom. The van der Waals surface area contributed by atoms with E-state index in [1.807, 2.05) is 0 Å². The zero-order chi connectivity index (χ0) is 14.3. The van der Waals surface area contributed by atoms with Crippen molar-refractivity contribution in [2.24, 2.45) is 29.4 Å². The van der Waals surface area contributed by atoms with Crippen LogP contribution in [0, 0.1) is 23.7 Å². The zero-order valence-corrected chi connectivity index (χ0v) is 14.3. The first-order chi connectivity index (χ1) is 9.60. The van der Waals surface area contributed by atoms with E-state index >= 15 is 0 Å². The minimum Gasteiger partial charge on any atom is -0.339 e. The van der Waals surface area contributed by atoms with Crippen LogP contribution in [-0.2, 0) is 4.79 Å². The van der Waals surface area contributed by atoms with Crippen LogP contribution in [0.1, 0.15) is 58.8 Å². The zero-order valence-electron chi connectivity index (χ0n) is 13.5. The molecule has 3 fully saturated rings.